The lowest BCUT2D eigenvalue weighted by atomic mass is 10.0. The number of carbonyl (C=O) groups is 3. The smallest absolute Gasteiger partial charge is 0.242 e. The molecule has 6 N–H and O–H groups in total. The zero-order valence-electron chi connectivity index (χ0n) is 13.5. The summed E-state index contributed by atoms with van der Waals surface area (Å²) >= 11 is 0. The van der Waals surface area contributed by atoms with Crippen LogP contribution in [0.3, 0.4) is 0 Å². The number of hydroxylamine groups is 1. The van der Waals surface area contributed by atoms with Crippen LogP contribution in [0.1, 0.15) is 40.0 Å². The number of hydrogen-bond donors (Lipinski definition) is 5. The Bertz CT molecular complexity index is 374. The number of nitrogens with one attached hydrogen (secondary N) is 3. The van der Waals surface area contributed by atoms with Crippen molar-refractivity contribution < 1.29 is 19.6 Å². The van der Waals surface area contributed by atoms with Crippen LogP contribution in [-0.4, -0.2) is 48.0 Å². The second-order valence-corrected chi connectivity index (χ2v) is 5.62. The molecule has 128 valence electrons. The molecule has 0 fully saturated rings. The molecule has 0 aromatic carbocycles. The van der Waals surface area contributed by atoms with E-state index in [9.17, 15) is 14.4 Å². The van der Waals surface area contributed by atoms with Crippen molar-refractivity contribution in [1.82, 2.24) is 16.1 Å². The van der Waals surface area contributed by atoms with Gasteiger partial charge in [0.2, 0.25) is 11.8 Å². The normalized spacial score (nSPS) is 13.5. The largest absolute Gasteiger partial charge is 0.347 e. The van der Waals surface area contributed by atoms with Gasteiger partial charge in [-0.2, -0.15) is 5.48 Å². The maximum absolute atomic E-state index is 12.1. The van der Waals surface area contributed by atoms with Crippen molar-refractivity contribution in [3.63, 3.8) is 0 Å². The molecule has 0 rings (SSSR count). The summed E-state index contributed by atoms with van der Waals surface area (Å²) in [6, 6.07) is -1.56. The minimum Gasteiger partial charge on any atom is -0.347 e. The predicted molar refractivity (Wildman–Crippen MR) is 82.1 cm³/mol. The van der Waals surface area contributed by atoms with Crippen LogP contribution in [0.2, 0.25) is 0 Å². The summed E-state index contributed by atoms with van der Waals surface area (Å²) in [5, 5.41) is 14.1. The van der Waals surface area contributed by atoms with Gasteiger partial charge in [-0.25, -0.2) is 0 Å². The van der Waals surface area contributed by atoms with Crippen LogP contribution in [0.25, 0.3) is 0 Å². The van der Waals surface area contributed by atoms with E-state index in [4.69, 9.17) is 10.9 Å². The Labute approximate surface area is 131 Å². The van der Waals surface area contributed by atoms with Gasteiger partial charge in [-0.15, -0.1) is 0 Å². The molecule has 8 heteroatoms. The van der Waals surface area contributed by atoms with Crippen molar-refractivity contribution in [2.45, 2.75) is 52.1 Å². The first-order valence-electron chi connectivity index (χ1n) is 7.50. The summed E-state index contributed by atoms with van der Waals surface area (Å²) in [5.41, 5.74) is 7.37. The van der Waals surface area contributed by atoms with Gasteiger partial charge < -0.3 is 21.6 Å². The molecule has 0 saturated heterocycles. The van der Waals surface area contributed by atoms with Gasteiger partial charge in [0.1, 0.15) is 17.9 Å². The van der Waals surface area contributed by atoms with Crippen molar-refractivity contribution in [1.29, 1.82) is 0 Å². The second-order valence-electron chi connectivity index (χ2n) is 5.62. The molecular weight excluding hydrogens is 288 g/mol. The van der Waals surface area contributed by atoms with Gasteiger partial charge in [0.15, 0.2) is 0 Å². The minimum atomic E-state index is -0.808. The molecule has 0 spiro atoms. The van der Waals surface area contributed by atoms with Crippen LogP contribution in [0.15, 0.2) is 0 Å². The van der Waals surface area contributed by atoms with Crippen LogP contribution < -0.4 is 21.8 Å². The summed E-state index contributed by atoms with van der Waals surface area (Å²) in [4.78, 5) is 35.1. The molecule has 0 aliphatic rings. The highest BCUT2D eigenvalue weighted by molar-refractivity contribution is 5.91. The highest BCUT2D eigenvalue weighted by Gasteiger charge is 2.26. The maximum atomic E-state index is 12.1. The number of amides is 2. The summed E-state index contributed by atoms with van der Waals surface area (Å²) in [6.07, 6.45) is 1.83. The molecule has 0 heterocycles. The van der Waals surface area contributed by atoms with Gasteiger partial charge >= 0.3 is 0 Å². The lowest BCUT2D eigenvalue weighted by Gasteiger charge is -2.23. The summed E-state index contributed by atoms with van der Waals surface area (Å²) in [5.74, 6) is -1.19. The van der Waals surface area contributed by atoms with E-state index in [1.165, 1.54) is 6.92 Å². The number of nitrogens with two attached hydrogens (primary N) is 1. The SMILES string of the molecule is CC(=O)CNC(=O)[C@H](CCCCN)NC(=O)[C@@H](NO)C(C)C. The molecule has 0 saturated carbocycles. The Morgan fingerprint density at radius 3 is 2.23 bits per heavy atom. The number of rotatable bonds is 11. The van der Waals surface area contributed by atoms with Gasteiger partial charge in [-0.3, -0.25) is 14.4 Å². The molecule has 2 atom stereocenters. The summed E-state index contributed by atoms with van der Waals surface area (Å²) < 4.78 is 0. The lowest BCUT2D eigenvalue weighted by molar-refractivity contribution is -0.133. The van der Waals surface area contributed by atoms with Crippen LogP contribution in [-0.2, 0) is 14.4 Å². The fraction of sp³-hybridized carbons (Fsp3) is 0.786. The van der Waals surface area contributed by atoms with E-state index in [0.29, 0.717) is 19.4 Å². The van der Waals surface area contributed by atoms with Gasteiger partial charge in [-0.05, 0) is 38.6 Å². The Balaban J connectivity index is 4.72. The molecule has 0 aromatic rings. The average molecular weight is 316 g/mol. The zero-order chi connectivity index (χ0) is 17.1. The van der Waals surface area contributed by atoms with E-state index in [1.54, 1.807) is 13.8 Å². The van der Waals surface area contributed by atoms with Crippen LogP contribution in [0, 0.1) is 5.92 Å². The van der Waals surface area contributed by atoms with E-state index in [2.05, 4.69) is 10.6 Å². The van der Waals surface area contributed by atoms with Crippen LogP contribution in [0.5, 0.6) is 0 Å². The molecular formula is C14H28N4O4. The van der Waals surface area contributed by atoms with Crippen molar-refractivity contribution in [2.75, 3.05) is 13.1 Å². The third-order valence-corrected chi connectivity index (χ3v) is 3.18. The fourth-order valence-electron chi connectivity index (χ4n) is 1.87. The highest BCUT2D eigenvalue weighted by Crippen LogP contribution is 2.05. The molecule has 0 unspecified atom stereocenters. The predicted octanol–water partition coefficient (Wildman–Crippen LogP) is -0.691. The van der Waals surface area contributed by atoms with E-state index in [-0.39, 0.29) is 18.2 Å². The summed E-state index contributed by atoms with van der Waals surface area (Å²) in [6.45, 7) is 5.34. The molecule has 22 heavy (non-hydrogen) atoms. The molecule has 8 nitrogen and oxygen atoms in total. The minimum absolute atomic E-state index is 0.0754. The zero-order valence-corrected chi connectivity index (χ0v) is 13.5. The van der Waals surface area contributed by atoms with E-state index < -0.39 is 23.9 Å². The molecule has 0 bridgehead atoms. The van der Waals surface area contributed by atoms with Crippen molar-refractivity contribution in [2.24, 2.45) is 11.7 Å². The number of hydrogen-bond acceptors (Lipinski definition) is 6. The van der Waals surface area contributed by atoms with Gasteiger partial charge in [0.05, 0.1) is 6.54 Å². The second kappa shape index (κ2) is 11.1. The van der Waals surface area contributed by atoms with Gasteiger partial charge in [0.25, 0.3) is 0 Å². The van der Waals surface area contributed by atoms with E-state index in [0.717, 1.165) is 6.42 Å². The number of Topliss-reactive ketones (excluding diaryl/α,β-unsaturated/α-hetero) is 1. The average Bonchev–Trinajstić information content (AvgIpc) is 2.44. The fourth-order valence-corrected chi connectivity index (χ4v) is 1.87. The first kappa shape index (κ1) is 20.5. The summed E-state index contributed by atoms with van der Waals surface area (Å²) in [7, 11) is 0. The Morgan fingerprint density at radius 2 is 1.77 bits per heavy atom. The van der Waals surface area contributed by atoms with Crippen molar-refractivity contribution in [3.8, 4) is 0 Å². The maximum Gasteiger partial charge on any atom is 0.242 e. The monoisotopic (exact) mass is 316 g/mol. The highest BCUT2D eigenvalue weighted by atomic mass is 16.5. The molecule has 0 aliphatic carbocycles. The Kier molecular flexibility index (Phi) is 10.3. The molecule has 2 amide bonds. The van der Waals surface area contributed by atoms with Crippen molar-refractivity contribution in [3.05, 3.63) is 0 Å². The Morgan fingerprint density at radius 1 is 1.14 bits per heavy atom. The molecule has 0 aliphatic heterocycles. The number of carbonyl (C=O) groups excluding carboxylic acids is 3. The first-order chi connectivity index (χ1) is 10.3. The van der Waals surface area contributed by atoms with Crippen LogP contribution >= 0.6 is 0 Å². The van der Waals surface area contributed by atoms with Crippen molar-refractivity contribution >= 4 is 17.6 Å². The van der Waals surface area contributed by atoms with Gasteiger partial charge in [0, 0.05) is 0 Å². The van der Waals surface area contributed by atoms with E-state index in [1.807, 2.05) is 5.48 Å². The number of unbranched alkanes of at least 4 members (excludes halogenated alkanes) is 1. The third-order valence-electron chi connectivity index (χ3n) is 3.18. The topological polar surface area (TPSA) is 134 Å². The first-order valence-corrected chi connectivity index (χ1v) is 7.50. The lowest BCUT2D eigenvalue weighted by Crippen LogP contribution is -2.54. The van der Waals surface area contributed by atoms with Gasteiger partial charge in [-0.1, -0.05) is 13.8 Å². The molecule has 0 aromatic heterocycles. The standard InChI is InChI=1S/C14H28N4O4/c1-9(2)12(18-22)14(21)17-11(6-4-5-7-15)13(20)16-8-10(3)19/h9,11-12,18,22H,4-8,15H2,1-3H3,(H,16,20)(H,17,21)/t11-,12-/m0/s1. The quantitative estimate of drug-likeness (QED) is 0.253. The van der Waals surface area contributed by atoms with E-state index >= 15 is 0 Å². The number of ketones is 1. The third kappa shape index (κ3) is 8.06. The Hall–Kier alpha value is -1.51. The molecule has 0 radical (unpaired) electrons. The van der Waals surface area contributed by atoms with Crippen LogP contribution in [0.4, 0.5) is 0 Å².